The van der Waals surface area contributed by atoms with E-state index in [0.29, 0.717) is 0 Å². The van der Waals surface area contributed by atoms with Crippen LogP contribution in [0.4, 0.5) is 0 Å². The minimum Gasteiger partial charge on any atom is -0.444 e. The van der Waals surface area contributed by atoms with E-state index in [9.17, 15) is 0 Å². The van der Waals surface area contributed by atoms with E-state index in [-0.39, 0.29) is 0 Å². The number of nitrogens with zero attached hydrogens (tertiary/aromatic N) is 2. The fourth-order valence-electron chi connectivity index (χ4n) is 2.75. The first-order chi connectivity index (χ1) is 10.5. The molecular weight excluding hydrogens is 276 g/mol. The lowest BCUT2D eigenvalue weighted by Crippen LogP contribution is -2.41. The van der Waals surface area contributed by atoms with Crippen LogP contribution in [0.1, 0.15) is 90.9 Å². The average Bonchev–Trinajstić information content (AvgIpc) is 2.47. The Labute approximate surface area is 138 Å². The summed E-state index contributed by atoms with van der Waals surface area (Å²) >= 11 is 0. The fourth-order valence-corrected chi connectivity index (χ4v) is 2.75. The van der Waals surface area contributed by atoms with Crippen LogP contribution < -0.4 is 0 Å². The molecule has 4 nitrogen and oxygen atoms in total. The molecule has 4 heteroatoms. The third kappa shape index (κ3) is 21.7. The molecule has 0 radical (unpaired) electrons. The van der Waals surface area contributed by atoms with Gasteiger partial charge in [-0.15, -0.1) is 5.34 Å². The molecule has 0 aromatic heterocycles. The second kappa shape index (κ2) is 18.4. The SMILES string of the molecule is CCCCCCCC[N+](C)(C)CCCCCCCC.O=N[O-]. The smallest absolute Gasteiger partial charge is 0.0782 e. The number of hydrogen-bond donors (Lipinski definition) is 0. The fraction of sp³-hybridized carbons (Fsp3) is 1.00. The summed E-state index contributed by atoms with van der Waals surface area (Å²) in [6, 6.07) is 0. The summed E-state index contributed by atoms with van der Waals surface area (Å²) in [7, 11) is 4.83. The molecule has 22 heavy (non-hydrogen) atoms. The monoisotopic (exact) mass is 316 g/mol. The van der Waals surface area contributed by atoms with E-state index in [4.69, 9.17) is 10.1 Å². The molecule has 0 rings (SSSR count). The standard InChI is InChI=1S/C18H40N.HNO2/c1-5-7-9-11-13-15-17-19(3,4)18-16-14-12-10-8-6-2;2-1-3/h5-18H2,1-4H3;(H,2,3)/q+1;/p-1. The van der Waals surface area contributed by atoms with Crippen molar-refractivity contribution in [1.82, 2.24) is 0 Å². The van der Waals surface area contributed by atoms with Crippen LogP contribution in [0.15, 0.2) is 5.34 Å². The van der Waals surface area contributed by atoms with Crippen LogP contribution in [0, 0.1) is 10.1 Å². The summed E-state index contributed by atoms with van der Waals surface area (Å²) in [5, 5.41) is 9.00. The molecule has 0 spiro atoms. The van der Waals surface area contributed by atoms with Gasteiger partial charge in [0.25, 0.3) is 0 Å². The maximum Gasteiger partial charge on any atom is 0.0782 e. The van der Waals surface area contributed by atoms with Gasteiger partial charge in [0, 0.05) is 0 Å². The van der Waals surface area contributed by atoms with Crippen LogP contribution in [0.3, 0.4) is 0 Å². The van der Waals surface area contributed by atoms with Crippen molar-refractivity contribution >= 4 is 0 Å². The highest BCUT2D eigenvalue weighted by atomic mass is 16.6. The first-order valence-corrected chi connectivity index (χ1v) is 9.31. The Morgan fingerprint density at radius 2 is 0.955 bits per heavy atom. The molecular formula is C18H40N2O2. The minimum absolute atomic E-state index is 1.00. The van der Waals surface area contributed by atoms with Gasteiger partial charge in [-0.05, 0) is 25.7 Å². The number of rotatable bonds is 14. The predicted octanol–water partition coefficient (Wildman–Crippen LogP) is 6.03. The van der Waals surface area contributed by atoms with Crippen molar-refractivity contribution < 1.29 is 4.48 Å². The van der Waals surface area contributed by atoms with Gasteiger partial charge in [0.1, 0.15) is 0 Å². The van der Waals surface area contributed by atoms with Gasteiger partial charge in [-0.25, -0.2) is 0 Å². The predicted molar refractivity (Wildman–Crippen MR) is 97.8 cm³/mol. The zero-order valence-corrected chi connectivity index (χ0v) is 15.6. The molecule has 0 aliphatic heterocycles. The Kier molecular flexibility index (Phi) is 19.8. The van der Waals surface area contributed by atoms with Crippen molar-refractivity contribution in [1.29, 1.82) is 0 Å². The Morgan fingerprint density at radius 3 is 1.27 bits per heavy atom. The quantitative estimate of drug-likeness (QED) is 0.170. The molecule has 0 saturated heterocycles. The van der Waals surface area contributed by atoms with Crippen LogP contribution in [-0.4, -0.2) is 31.7 Å². The van der Waals surface area contributed by atoms with Crippen molar-refractivity contribution in [3.05, 3.63) is 10.1 Å². The van der Waals surface area contributed by atoms with Gasteiger partial charge in [-0.2, -0.15) is 0 Å². The van der Waals surface area contributed by atoms with Crippen molar-refractivity contribution in [3.8, 4) is 0 Å². The van der Waals surface area contributed by atoms with E-state index in [1.165, 1.54) is 94.6 Å². The number of quaternary nitrogens is 1. The lowest BCUT2D eigenvalue weighted by Gasteiger charge is -2.30. The lowest BCUT2D eigenvalue weighted by molar-refractivity contribution is -0.890. The molecule has 0 aliphatic carbocycles. The maximum absolute atomic E-state index is 8.00. The molecule has 0 saturated carbocycles. The highest BCUT2D eigenvalue weighted by molar-refractivity contribution is 4.46. The van der Waals surface area contributed by atoms with E-state index in [2.05, 4.69) is 27.9 Å². The molecule has 0 atom stereocenters. The largest absolute Gasteiger partial charge is 0.444 e. The van der Waals surface area contributed by atoms with Gasteiger partial charge in [-0.3, -0.25) is 0 Å². The first kappa shape index (κ1) is 23.6. The summed E-state index contributed by atoms with van der Waals surface area (Å²) in [5.74, 6) is 0. The summed E-state index contributed by atoms with van der Waals surface area (Å²) < 4.78 is 1.24. The normalized spacial score (nSPS) is 10.9. The van der Waals surface area contributed by atoms with E-state index < -0.39 is 0 Å². The average molecular weight is 317 g/mol. The molecule has 134 valence electrons. The Bertz CT molecular complexity index is 203. The zero-order valence-electron chi connectivity index (χ0n) is 15.6. The topological polar surface area (TPSA) is 52.5 Å². The molecule has 0 amide bonds. The van der Waals surface area contributed by atoms with Gasteiger partial charge in [0.2, 0.25) is 0 Å². The zero-order chi connectivity index (χ0) is 17.1. The molecule has 0 heterocycles. The maximum atomic E-state index is 8.00. The first-order valence-electron chi connectivity index (χ1n) is 9.31. The second-order valence-corrected chi connectivity index (χ2v) is 6.99. The molecule has 0 unspecified atom stereocenters. The Hall–Kier alpha value is -0.640. The molecule has 0 fully saturated rings. The molecule has 0 aromatic carbocycles. The van der Waals surface area contributed by atoms with Gasteiger partial charge in [0.15, 0.2) is 0 Å². The van der Waals surface area contributed by atoms with Crippen LogP contribution in [0.2, 0.25) is 0 Å². The number of hydrogen-bond acceptors (Lipinski definition) is 3. The summed E-state index contributed by atoms with van der Waals surface area (Å²) in [6.07, 6.45) is 17.1. The van der Waals surface area contributed by atoms with Crippen LogP contribution in [-0.2, 0) is 0 Å². The Morgan fingerprint density at radius 1 is 0.682 bits per heavy atom. The third-order valence-corrected chi connectivity index (χ3v) is 4.23. The van der Waals surface area contributed by atoms with Gasteiger partial charge in [-0.1, -0.05) is 65.2 Å². The molecule has 0 aliphatic rings. The van der Waals surface area contributed by atoms with E-state index >= 15 is 0 Å². The van der Waals surface area contributed by atoms with Crippen LogP contribution in [0.25, 0.3) is 0 Å². The summed E-state index contributed by atoms with van der Waals surface area (Å²) in [6.45, 7) is 7.34. The third-order valence-electron chi connectivity index (χ3n) is 4.23. The molecule has 0 aromatic rings. The van der Waals surface area contributed by atoms with Crippen LogP contribution >= 0.6 is 0 Å². The second-order valence-electron chi connectivity index (χ2n) is 6.99. The van der Waals surface area contributed by atoms with Gasteiger partial charge in [0.05, 0.1) is 27.2 Å². The van der Waals surface area contributed by atoms with E-state index in [1.54, 1.807) is 0 Å². The van der Waals surface area contributed by atoms with Crippen molar-refractivity contribution in [2.45, 2.75) is 90.9 Å². The van der Waals surface area contributed by atoms with Crippen molar-refractivity contribution in [2.75, 3.05) is 27.2 Å². The Balaban J connectivity index is 0. The van der Waals surface area contributed by atoms with Crippen molar-refractivity contribution in [3.63, 3.8) is 0 Å². The highest BCUT2D eigenvalue weighted by Gasteiger charge is 2.13. The highest BCUT2D eigenvalue weighted by Crippen LogP contribution is 2.11. The number of unbranched alkanes of at least 4 members (excludes halogenated alkanes) is 10. The van der Waals surface area contributed by atoms with Crippen molar-refractivity contribution in [2.24, 2.45) is 5.34 Å². The van der Waals surface area contributed by atoms with E-state index in [1.807, 2.05) is 0 Å². The van der Waals surface area contributed by atoms with E-state index in [0.717, 1.165) is 5.34 Å². The summed E-state index contributed by atoms with van der Waals surface area (Å²) in [5.41, 5.74) is 0. The van der Waals surface area contributed by atoms with Crippen LogP contribution in [0.5, 0.6) is 0 Å². The lowest BCUT2D eigenvalue weighted by atomic mass is 10.1. The summed E-state index contributed by atoms with van der Waals surface area (Å²) in [4.78, 5) is 8.00. The van der Waals surface area contributed by atoms with Gasteiger partial charge >= 0.3 is 0 Å². The minimum atomic E-state index is 1.00. The molecule has 0 N–H and O–H groups in total. The van der Waals surface area contributed by atoms with Gasteiger partial charge < -0.3 is 14.6 Å². The molecule has 0 bridgehead atoms.